The molecule has 0 saturated carbocycles. The fourth-order valence-corrected chi connectivity index (χ4v) is 2.23. The maximum Gasteiger partial charge on any atom is 0.146 e. The van der Waals surface area contributed by atoms with E-state index in [1.54, 1.807) is 0 Å². The zero-order chi connectivity index (χ0) is 13.1. The number of benzene rings is 2. The van der Waals surface area contributed by atoms with E-state index < -0.39 is 0 Å². The van der Waals surface area contributed by atoms with Gasteiger partial charge in [-0.2, -0.15) is 0 Å². The summed E-state index contributed by atoms with van der Waals surface area (Å²) in [5.41, 5.74) is 2.09. The first-order valence-electron chi connectivity index (χ1n) is 5.38. The van der Waals surface area contributed by atoms with Gasteiger partial charge in [0.2, 0.25) is 0 Å². The van der Waals surface area contributed by atoms with Crippen molar-refractivity contribution in [3.8, 4) is 11.5 Å². The van der Waals surface area contributed by atoms with E-state index in [1.807, 2.05) is 43.3 Å². The lowest BCUT2D eigenvalue weighted by molar-refractivity contribution is 0.482. The summed E-state index contributed by atoms with van der Waals surface area (Å²) in [6, 6.07) is 11.2. The lowest BCUT2D eigenvalue weighted by Gasteiger charge is -2.09. The standard InChI is InChI=1S/C14H11BrCl2O/c1-9-6-11(3-4-12(9)16)18-14-5-2-10(8-15)7-13(14)17/h2-7H,8H2,1H3. The number of aryl methyl sites for hydroxylation is 1. The maximum atomic E-state index is 6.16. The number of halogens is 3. The van der Waals surface area contributed by atoms with Gasteiger partial charge in [0, 0.05) is 10.4 Å². The molecule has 2 aromatic rings. The minimum atomic E-state index is 0.597. The normalized spacial score (nSPS) is 10.4. The average Bonchev–Trinajstić information content (AvgIpc) is 2.36. The van der Waals surface area contributed by atoms with Crippen LogP contribution in [0.1, 0.15) is 11.1 Å². The summed E-state index contributed by atoms with van der Waals surface area (Å²) >= 11 is 15.5. The van der Waals surface area contributed by atoms with Crippen LogP contribution in [0.25, 0.3) is 0 Å². The van der Waals surface area contributed by atoms with Gasteiger partial charge in [-0.15, -0.1) is 0 Å². The molecule has 0 bridgehead atoms. The summed E-state index contributed by atoms with van der Waals surface area (Å²) < 4.78 is 5.74. The van der Waals surface area contributed by atoms with Crippen molar-refractivity contribution in [3.05, 3.63) is 57.6 Å². The highest BCUT2D eigenvalue weighted by molar-refractivity contribution is 9.08. The summed E-state index contributed by atoms with van der Waals surface area (Å²) in [5.74, 6) is 1.37. The third-order valence-corrected chi connectivity index (χ3v) is 3.87. The maximum absolute atomic E-state index is 6.16. The number of hydrogen-bond acceptors (Lipinski definition) is 1. The molecule has 94 valence electrons. The SMILES string of the molecule is Cc1cc(Oc2ccc(CBr)cc2Cl)ccc1Cl. The van der Waals surface area contributed by atoms with Crippen molar-refractivity contribution in [2.24, 2.45) is 0 Å². The van der Waals surface area contributed by atoms with Gasteiger partial charge in [0.05, 0.1) is 5.02 Å². The minimum Gasteiger partial charge on any atom is -0.456 e. The van der Waals surface area contributed by atoms with Crippen molar-refractivity contribution in [1.29, 1.82) is 0 Å². The molecule has 2 rings (SSSR count). The molecular formula is C14H11BrCl2O. The van der Waals surface area contributed by atoms with E-state index in [9.17, 15) is 0 Å². The van der Waals surface area contributed by atoms with E-state index in [0.29, 0.717) is 10.8 Å². The zero-order valence-electron chi connectivity index (χ0n) is 9.71. The van der Waals surface area contributed by atoms with Crippen molar-refractivity contribution in [2.75, 3.05) is 0 Å². The Hall–Kier alpha value is -0.700. The van der Waals surface area contributed by atoms with Crippen LogP contribution in [-0.4, -0.2) is 0 Å². The van der Waals surface area contributed by atoms with Crippen LogP contribution in [0.3, 0.4) is 0 Å². The van der Waals surface area contributed by atoms with Crippen LogP contribution in [-0.2, 0) is 5.33 Å². The number of ether oxygens (including phenoxy) is 1. The van der Waals surface area contributed by atoms with E-state index in [1.165, 1.54) is 0 Å². The predicted molar refractivity (Wildman–Crippen MR) is 80.3 cm³/mol. The van der Waals surface area contributed by atoms with Crippen molar-refractivity contribution < 1.29 is 4.74 Å². The lowest BCUT2D eigenvalue weighted by Crippen LogP contribution is -1.88. The second kappa shape index (κ2) is 5.96. The lowest BCUT2D eigenvalue weighted by atomic mass is 10.2. The van der Waals surface area contributed by atoms with Crippen molar-refractivity contribution >= 4 is 39.1 Å². The minimum absolute atomic E-state index is 0.597. The molecule has 1 nitrogen and oxygen atoms in total. The molecule has 2 aromatic carbocycles. The van der Waals surface area contributed by atoms with Gasteiger partial charge < -0.3 is 4.74 Å². The van der Waals surface area contributed by atoms with Gasteiger partial charge in [0.25, 0.3) is 0 Å². The molecule has 4 heteroatoms. The van der Waals surface area contributed by atoms with Gasteiger partial charge in [0.1, 0.15) is 11.5 Å². The highest BCUT2D eigenvalue weighted by Gasteiger charge is 2.05. The van der Waals surface area contributed by atoms with Crippen LogP contribution in [0.5, 0.6) is 11.5 Å². The molecular weight excluding hydrogens is 335 g/mol. The first-order valence-corrected chi connectivity index (χ1v) is 7.26. The van der Waals surface area contributed by atoms with Crippen LogP contribution in [0, 0.1) is 6.92 Å². The van der Waals surface area contributed by atoms with Gasteiger partial charge in [-0.25, -0.2) is 0 Å². The van der Waals surface area contributed by atoms with Crippen molar-refractivity contribution in [3.63, 3.8) is 0 Å². The molecule has 0 saturated heterocycles. The molecule has 0 amide bonds. The largest absolute Gasteiger partial charge is 0.456 e. The van der Waals surface area contributed by atoms with Crippen LogP contribution in [0.2, 0.25) is 10.0 Å². The monoisotopic (exact) mass is 344 g/mol. The summed E-state index contributed by atoms with van der Waals surface area (Å²) in [6.07, 6.45) is 0. The summed E-state index contributed by atoms with van der Waals surface area (Å²) in [4.78, 5) is 0. The Morgan fingerprint density at radius 1 is 1.06 bits per heavy atom. The Kier molecular flexibility index (Phi) is 4.55. The molecule has 18 heavy (non-hydrogen) atoms. The highest BCUT2D eigenvalue weighted by Crippen LogP contribution is 2.32. The molecule has 0 aliphatic rings. The van der Waals surface area contributed by atoms with Crippen LogP contribution in [0.4, 0.5) is 0 Å². The molecule has 0 atom stereocenters. The zero-order valence-corrected chi connectivity index (χ0v) is 12.8. The molecule has 0 aromatic heterocycles. The Balaban J connectivity index is 2.25. The molecule has 0 unspecified atom stereocenters. The van der Waals surface area contributed by atoms with Crippen molar-refractivity contribution in [2.45, 2.75) is 12.3 Å². The van der Waals surface area contributed by atoms with Gasteiger partial charge in [-0.1, -0.05) is 45.2 Å². The fraction of sp³-hybridized carbons (Fsp3) is 0.143. The molecule has 0 spiro atoms. The van der Waals surface area contributed by atoms with Crippen LogP contribution >= 0.6 is 39.1 Å². The Morgan fingerprint density at radius 3 is 2.44 bits per heavy atom. The smallest absolute Gasteiger partial charge is 0.146 e. The summed E-state index contributed by atoms with van der Waals surface area (Å²) in [5, 5.41) is 2.09. The van der Waals surface area contributed by atoms with E-state index in [-0.39, 0.29) is 0 Å². The number of hydrogen-bond donors (Lipinski definition) is 0. The van der Waals surface area contributed by atoms with Crippen LogP contribution < -0.4 is 4.74 Å². The number of alkyl halides is 1. The molecule has 0 aliphatic carbocycles. The highest BCUT2D eigenvalue weighted by atomic mass is 79.9. The van der Waals surface area contributed by atoms with Gasteiger partial charge in [-0.3, -0.25) is 0 Å². The second-order valence-corrected chi connectivity index (χ2v) is 5.29. The quantitative estimate of drug-likeness (QED) is 0.621. The first-order chi connectivity index (χ1) is 8.60. The van der Waals surface area contributed by atoms with E-state index in [4.69, 9.17) is 27.9 Å². The van der Waals surface area contributed by atoms with E-state index in [0.717, 1.165) is 27.2 Å². The van der Waals surface area contributed by atoms with Gasteiger partial charge >= 0.3 is 0 Å². The summed E-state index contributed by atoms with van der Waals surface area (Å²) in [6.45, 7) is 1.94. The Labute approximate surface area is 125 Å². The average molecular weight is 346 g/mol. The topological polar surface area (TPSA) is 9.23 Å². The van der Waals surface area contributed by atoms with Gasteiger partial charge in [-0.05, 0) is 48.4 Å². The van der Waals surface area contributed by atoms with Crippen LogP contribution in [0.15, 0.2) is 36.4 Å². The Bertz CT molecular complexity index is 570. The predicted octanol–water partition coefficient (Wildman–Crippen LogP) is 5.99. The van der Waals surface area contributed by atoms with E-state index >= 15 is 0 Å². The second-order valence-electron chi connectivity index (χ2n) is 3.91. The summed E-state index contributed by atoms with van der Waals surface area (Å²) in [7, 11) is 0. The molecule has 0 radical (unpaired) electrons. The molecule has 0 fully saturated rings. The number of rotatable bonds is 3. The van der Waals surface area contributed by atoms with E-state index in [2.05, 4.69) is 15.9 Å². The molecule has 0 heterocycles. The molecule has 0 N–H and O–H groups in total. The third kappa shape index (κ3) is 3.19. The molecule has 0 aliphatic heterocycles. The van der Waals surface area contributed by atoms with Crippen molar-refractivity contribution in [1.82, 2.24) is 0 Å². The first kappa shape index (κ1) is 13.7. The Morgan fingerprint density at radius 2 is 1.83 bits per heavy atom. The van der Waals surface area contributed by atoms with Gasteiger partial charge in [0.15, 0.2) is 0 Å². The fourth-order valence-electron chi connectivity index (χ4n) is 1.52. The third-order valence-electron chi connectivity index (χ3n) is 2.51.